The number of furan rings is 1. The molecule has 0 saturated heterocycles. The van der Waals surface area contributed by atoms with E-state index in [0.29, 0.717) is 12.3 Å². The highest BCUT2D eigenvalue weighted by Gasteiger charge is 2.13. The smallest absolute Gasteiger partial charge is 0.374 e. The van der Waals surface area contributed by atoms with Crippen LogP contribution in [0.5, 0.6) is 0 Å². The van der Waals surface area contributed by atoms with E-state index in [1.165, 1.54) is 0 Å². The summed E-state index contributed by atoms with van der Waals surface area (Å²) in [5.74, 6) is 0.355. The van der Waals surface area contributed by atoms with Crippen molar-refractivity contribution >= 4 is 21.9 Å². The molecule has 5 nitrogen and oxygen atoms in total. The molecule has 1 aromatic carbocycles. The van der Waals surface area contributed by atoms with Crippen LogP contribution in [-0.2, 0) is 17.9 Å². The fourth-order valence-electron chi connectivity index (χ4n) is 1.96. The second kappa shape index (κ2) is 6.62. The largest absolute Gasteiger partial charge is 0.455 e. The first-order valence-electron chi connectivity index (χ1n) is 6.69. The van der Waals surface area contributed by atoms with Gasteiger partial charge in [-0.15, -0.1) is 0 Å². The number of hydrogen-bond donors (Lipinski definition) is 0. The van der Waals surface area contributed by atoms with Gasteiger partial charge in [0.05, 0.1) is 6.54 Å². The zero-order valence-corrected chi connectivity index (χ0v) is 13.2. The van der Waals surface area contributed by atoms with Gasteiger partial charge in [0, 0.05) is 22.4 Å². The average Bonchev–Trinajstić information content (AvgIpc) is 3.18. The molecule has 0 fully saturated rings. The Bertz CT molecular complexity index is 765. The van der Waals surface area contributed by atoms with Crippen molar-refractivity contribution in [1.29, 1.82) is 0 Å². The summed E-state index contributed by atoms with van der Waals surface area (Å²) in [6.07, 6.45) is 3.52. The number of carbonyl (C=O) groups excluding carboxylic acids is 1. The summed E-state index contributed by atoms with van der Waals surface area (Å²) in [5, 5.41) is 4.09. The molecule has 0 N–H and O–H groups in total. The lowest BCUT2D eigenvalue weighted by Gasteiger charge is -2.05. The molecule has 0 atom stereocenters. The molecule has 3 aromatic rings. The van der Waals surface area contributed by atoms with E-state index in [1.54, 1.807) is 23.0 Å². The predicted molar refractivity (Wildman–Crippen MR) is 83.3 cm³/mol. The van der Waals surface area contributed by atoms with Gasteiger partial charge in [-0.25, -0.2) is 4.79 Å². The van der Waals surface area contributed by atoms with Crippen molar-refractivity contribution in [1.82, 2.24) is 9.78 Å². The van der Waals surface area contributed by atoms with Crippen LogP contribution < -0.4 is 0 Å². The Morgan fingerprint density at radius 2 is 2.09 bits per heavy atom. The molecule has 0 bridgehead atoms. The van der Waals surface area contributed by atoms with E-state index < -0.39 is 5.97 Å². The van der Waals surface area contributed by atoms with E-state index in [9.17, 15) is 4.79 Å². The van der Waals surface area contributed by atoms with Crippen LogP contribution in [-0.4, -0.2) is 15.7 Å². The Balaban J connectivity index is 1.61. The minimum Gasteiger partial charge on any atom is -0.455 e. The van der Waals surface area contributed by atoms with Gasteiger partial charge in [-0.1, -0.05) is 34.1 Å². The molecule has 112 valence electrons. The highest BCUT2D eigenvalue weighted by molar-refractivity contribution is 9.10. The van der Waals surface area contributed by atoms with Crippen molar-refractivity contribution in [2.45, 2.75) is 13.2 Å². The fourth-order valence-corrected chi connectivity index (χ4v) is 2.36. The van der Waals surface area contributed by atoms with Gasteiger partial charge in [0.25, 0.3) is 0 Å². The molecule has 0 radical (unpaired) electrons. The van der Waals surface area contributed by atoms with Crippen LogP contribution in [0, 0.1) is 0 Å². The maximum Gasteiger partial charge on any atom is 0.374 e. The van der Waals surface area contributed by atoms with E-state index in [-0.39, 0.29) is 12.4 Å². The number of rotatable bonds is 5. The minimum absolute atomic E-state index is 0.189. The molecule has 0 aliphatic rings. The van der Waals surface area contributed by atoms with Gasteiger partial charge in [-0.05, 0) is 24.3 Å². The van der Waals surface area contributed by atoms with E-state index >= 15 is 0 Å². The third-order valence-electron chi connectivity index (χ3n) is 3.06. The summed E-state index contributed by atoms with van der Waals surface area (Å²) >= 11 is 3.42. The van der Waals surface area contributed by atoms with Crippen LogP contribution in [0.3, 0.4) is 0 Å². The lowest BCUT2D eigenvalue weighted by Crippen LogP contribution is -2.04. The Labute approximate surface area is 135 Å². The molecule has 2 heterocycles. The lowest BCUT2D eigenvalue weighted by molar-refractivity contribution is 0.0433. The molecule has 0 spiro atoms. The Morgan fingerprint density at radius 3 is 2.86 bits per heavy atom. The summed E-state index contributed by atoms with van der Waals surface area (Å²) < 4.78 is 13.4. The number of halogens is 1. The first-order valence-corrected chi connectivity index (χ1v) is 7.48. The summed E-state index contributed by atoms with van der Waals surface area (Å²) in [5.41, 5.74) is 0.902. The molecule has 3 rings (SSSR count). The normalized spacial score (nSPS) is 10.6. The molecule has 0 aliphatic heterocycles. The summed E-state index contributed by atoms with van der Waals surface area (Å²) in [6.45, 7) is 0.667. The highest BCUT2D eigenvalue weighted by Crippen LogP contribution is 2.18. The van der Waals surface area contributed by atoms with E-state index in [0.717, 1.165) is 10.0 Å². The number of hydrogen-bond acceptors (Lipinski definition) is 4. The Kier molecular flexibility index (Phi) is 4.39. The third-order valence-corrected chi connectivity index (χ3v) is 3.83. The van der Waals surface area contributed by atoms with E-state index in [4.69, 9.17) is 9.15 Å². The molecular weight excluding hydrogens is 348 g/mol. The van der Waals surface area contributed by atoms with Gasteiger partial charge in [0.15, 0.2) is 0 Å². The topological polar surface area (TPSA) is 57.3 Å². The molecule has 0 unspecified atom stereocenters. The second-order valence-electron chi connectivity index (χ2n) is 4.64. The number of aromatic nitrogens is 2. The molecule has 0 amide bonds. The number of carbonyl (C=O) groups is 1. The zero-order chi connectivity index (χ0) is 15.4. The number of benzene rings is 1. The molecule has 0 saturated carbocycles. The number of esters is 1. The monoisotopic (exact) mass is 360 g/mol. The summed E-state index contributed by atoms with van der Waals surface area (Å²) in [7, 11) is 0. The van der Waals surface area contributed by atoms with Crippen LogP contribution in [0.25, 0.3) is 0 Å². The summed E-state index contributed by atoms with van der Waals surface area (Å²) in [4.78, 5) is 12.0. The van der Waals surface area contributed by atoms with E-state index in [1.807, 2.05) is 36.5 Å². The maximum atomic E-state index is 12.0. The number of ether oxygens (including phenoxy) is 1. The number of nitrogens with zero attached hydrogens (tertiary/aromatic N) is 2. The molecule has 22 heavy (non-hydrogen) atoms. The zero-order valence-electron chi connectivity index (χ0n) is 11.6. The Morgan fingerprint density at radius 1 is 1.23 bits per heavy atom. The first-order chi connectivity index (χ1) is 10.7. The Hall–Kier alpha value is -2.34. The fraction of sp³-hybridized carbons (Fsp3) is 0.125. The van der Waals surface area contributed by atoms with Gasteiger partial charge in [0.1, 0.15) is 12.4 Å². The van der Waals surface area contributed by atoms with Crippen LogP contribution in [0.1, 0.15) is 21.9 Å². The first kappa shape index (κ1) is 14.6. The summed E-state index contributed by atoms with van der Waals surface area (Å²) in [6, 6.07) is 12.8. The van der Waals surface area contributed by atoms with Gasteiger partial charge < -0.3 is 9.15 Å². The molecule has 6 heteroatoms. The van der Waals surface area contributed by atoms with Crippen LogP contribution in [0.4, 0.5) is 0 Å². The molecular formula is C16H13BrN2O3. The average molecular weight is 361 g/mol. The van der Waals surface area contributed by atoms with Gasteiger partial charge in [0.2, 0.25) is 5.76 Å². The van der Waals surface area contributed by atoms with Crippen molar-refractivity contribution < 1.29 is 13.9 Å². The standard InChI is InChI=1S/C16H13BrN2O3/c17-14-5-2-1-4-12(14)11-21-16(20)15-7-6-13(22-15)10-19-9-3-8-18-19/h1-9H,10-11H2. The van der Waals surface area contributed by atoms with Crippen LogP contribution in [0.2, 0.25) is 0 Å². The molecule has 2 aromatic heterocycles. The van der Waals surface area contributed by atoms with Crippen molar-refractivity contribution in [2.75, 3.05) is 0 Å². The highest BCUT2D eigenvalue weighted by atomic mass is 79.9. The van der Waals surface area contributed by atoms with Gasteiger partial charge in [-0.3, -0.25) is 4.68 Å². The lowest BCUT2D eigenvalue weighted by atomic mass is 10.2. The van der Waals surface area contributed by atoms with Crippen LogP contribution in [0.15, 0.2) is 63.7 Å². The van der Waals surface area contributed by atoms with Gasteiger partial charge >= 0.3 is 5.97 Å². The molecule has 0 aliphatic carbocycles. The van der Waals surface area contributed by atoms with Crippen molar-refractivity contribution in [3.8, 4) is 0 Å². The minimum atomic E-state index is -0.484. The maximum absolute atomic E-state index is 12.0. The SMILES string of the molecule is O=C(OCc1ccccc1Br)c1ccc(Cn2cccn2)o1. The quantitative estimate of drug-likeness (QED) is 0.651. The predicted octanol–water partition coefficient (Wildman–Crippen LogP) is 3.64. The van der Waals surface area contributed by atoms with Crippen molar-refractivity contribution in [3.05, 3.63) is 76.4 Å². The second-order valence-corrected chi connectivity index (χ2v) is 5.49. The van der Waals surface area contributed by atoms with Gasteiger partial charge in [-0.2, -0.15) is 5.10 Å². The van der Waals surface area contributed by atoms with Crippen molar-refractivity contribution in [2.24, 2.45) is 0 Å². The third kappa shape index (κ3) is 3.46. The van der Waals surface area contributed by atoms with Crippen LogP contribution >= 0.6 is 15.9 Å². The van der Waals surface area contributed by atoms with E-state index in [2.05, 4.69) is 21.0 Å². The van der Waals surface area contributed by atoms with Crippen molar-refractivity contribution in [3.63, 3.8) is 0 Å².